The lowest BCUT2D eigenvalue weighted by Crippen LogP contribution is -1.99. The summed E-state index contributed by atoms with van der Waals surface area (Å²) in [5.41, 5.74) is 3.17. The van der Waals surface area contributed by atoms with E-state index in [1.54, 1.807) is 0 Å². The van der Waals surface area contributed by atoms with Crippen LogP contribution >= 0.6 is 23.2 Å². The Labute approximate surface area is 117 Å². The fraction of sp³-hybridized carbons (Fsp3) is 0.200. The molecule has 0 N–H and O–H groups in total. The van der Waals surface area contributed by atoms with Gasteiger partial charge in [0.1, 0.15) is 12.4 Å². The second kappa shape index (κ2) is 5.64. The van der Waals surface area contributed by atoms with E-state index in [2.05, 4.69) is 13.0 Å². The highest BCUT2D eigenvalue weighted by Gasteiger charge is 2.07. The lowest BCUT2D eigenvalue weighted by molar-refractivity contribution is 0.304. The summed E-state index contributed by atoms with van der Waals surface area (Å²) in [6.45, 7) is 4.48. The van der Waals surface area contributed by atoms with Crippen LogP contribution < -0.4 is 4.74 Å². The molecule has 18 heavy (non-hydrogen) atoms. The van der Waals surface area contributed by atoms with Crippen LogP contribution in [-0.4, -0.2) is 0 Å². The first kappa shape index (κ1) is 13.3. The predicted octanol–water partition coefficient (Wildman–Crippen LogP) is 5.19. The van der Waals surface area contributed by atoms with Crippen molar-refractivity contribution in [2.24, 2.45) is 0 Å². The Morgan fingerprint density at radius 2 is 1.56 bits per heavy atom. The van der Waals surface area contributed by atoms with E-state index in [-0.39, 0.29) is 0 Å². The van der Waals surface area contributed by atoms with E-state index < -0.39 is 0 Å². The van der Waals surface area contributed by atoms with Gasteiger partial charge in [-0.25, -0.2) is 0 Å². The molecule has 0 aliphatic carbocycles. The van der Waals surface area contributed by atoms with Crippen LogP contribution in [-0.2, 0) is 6.61 Å². The van der Waals surface area contributed by atoms with Crippen LogP contribution in [0.1, 0.15) is 16.7 Å². The number of hydrogen-bond acceptors (Lipinski definition) is 1. The fourth-order valence-corrected chi connectivity index (χ4v) is 2.21. The van der Waals surface area contributed by atoms with Gasteiger partial charge in [-0.15, -0.1) is 0 Å². The van der Waals surface area contributed by atoms with E-state index in [1.807, 2.05) is 37.3 Å². The Morgan fingerprint density at radius 1 is 0.944 bits per heavy atom. The van der Waals surface area contributed by atoms with Gasteiger partial charge in [0.15, 0.2) is 0 Å². The zero-order valence-electron chi connectivity index (χ0n) is 10.3. The van der Waals surface area contributed by atoms with Crippen LogP contribution in [0.2, 0.25) is 10.0 Å². The number of rotatable bonds is 3. The SMILES string of the molecule is Cc1cccc(OCc2c(Cl)cccc2Cl)c1C. The van der Waals surface area contributed by atoms with Gasteiger partial charge in [0, 0.05) is 15.6 Å². The number of benzene rings is 2. The van der Waals surface area contributed by atoms with Gasteiger partial charge in [-0.1, -0.05) is 41.4 Å². The maximum Gasteiger partial charge on any atom is 0.122 e. The smallest absolute Gasteiger partial charge is 0.122 e. The Kier molecular flexibility index (Phi) is 4.15. The third kappa shape index (κ3) is 2.80. The molecule has 2 aromatic carbocycles. The molecule has 0 radical (unpaired) electrons. The summed E-state index contributed by atoms with van der Waals surface area (Å²) in [7, 11) is 0. The minimum atomic E-state index is 0.378. The molecule has 0 amide bonds. The minimum absolute atomic E-state index is 0.378. The minimum Gasteiger partial charge on any atom is -0.489 e. The van der Waals surface area contributed by atoms with Crippen molar-refractivity contribution in [1.29, 1.82) is 0 Å². The molecule has 0 saturated carbocycles. The van der Waals surface area contributed by atoms with Crippen molar-refractivity contribution in [3.05, 3.63) is 63.1 Å². The second-order valence-corrected chi connectivity index (χ2v) is 5.00. The molecule has 0 bridgehead atoms. The average molecular weight is 281 g/mol. The van der Waals surface area contributed by atoms with Crippen molar-refractivity contribution in [2.75, 3.05) is 0 Å². The van der Waals surface area contributed by atoms with Crippen LogP contribution in [0.15, 0.2) is 36.4 Å². The molecule has 2 rings (SSSR count). The first-order chi connectivity index (χ1) is 8.59. The lowest BCUT2D eigenvalue weighted by atomic mass is 10.1. The summed E-state index contributed by atoms with van der Waals surface area (Å²) in [5, 5.41) is 1.26. The van der Waals surface area contributed by atoms with Gasteiger partial charge >= 0.3 is 0 Å². The monoisotopic (exact) mass is 280 g/mol. The molecule has 1 nitrogen and oxygen atoms in total. The zero-order valence-corrected chi connectivity index (χ0v) is 11.8. The Morgan fingerprint density at radius 3 is 2.22 bits per heavy atom. The molecule has 0 aliphatic heterocycles. The third-order valence-electron chi connectivity index (χ3n) is 2.99. The molecule has 94 valence electrons. The summed E-state index contributed by atoms with van der Waals surface area (Å²) < 4.78 is 5.80. The predicted molar refractivity (Wildman–Crippen MR) is 76.7 cm³/mol. The highest BCUT2D eigenvalue weighted by Crippen LogP contribution is 2.27. The van der Waals surface area contributed by atoms with Gasteiger partial charge in [-0.05, 0) is 43.2 Å². The maximum atomic E-state index is 6.10. The normalized spacial score (nSPS) is 10.4. The molecule has 0 spiro atoms. The number of hydrogen-bond donors (Lipinski definition) is 0. The summed E-state index contributed by atoms with van der Waals surface area (Å²) in [4.78, 5) is 0. The van der Waals surface area contributed by atoms with Crippen LogP contribution in [0.4, 0.5) is 0 Å². The summed E-state index contributed by atoms with van der Waals surface area (Å²) in [6, 6.07) is 11.4. The van der Waals surface area contributed by atoms with Gasteiger partial charge in [-0.2, -0.15) is 0 Å². The van der Waals surface area contributed by atoms with E-state index in [0.717, 1.165) is 16.9 Å². The Bertz CT molecular complexity index is 544. The van der Waals surface area contributed by atoms with E-state index in [0.29, 0.717) is 16.7 Å². The van der Waals surface area contributed by atoms with Gasteiger partial charge in [0.05, 0.1) is 0 Å². The molecule has 3 heteroatoms. The highest BCUT2D eigenvalue weighted by atomic mass is 35.5. The Balaban J connectivity index is 2.19. The molecule has 0 aliphatic rings. The van der Waals surface area contributed by atoms with Crippen LogP contribution in [0.3, 0.4) is 0 Å². The molecule has 0 atom stereocenters. The lowest BCUT2D eigenvalue weighted by Gasteiger charge is -2.12. The molecular formula is C15H14Cl2O. The van der Waals surface area contributed by atoms with Gasteiger partial charge in [0.25, 0.3) is 0 Å². The summed E-state index contributed by atoms with van der Waals surface area (Å²) in [5.74, 6) is 0.867. The number of ether oxygens (including phenoxy) is 1. The number of halogens is 2. The first-order valence-corrected chi connectivity index (χ1v) is 6.47. The van der Waals surface area contributed by atoms with Crippen molar-refractivity contribution >= 4 is 23.2 Å². The average Bonchev–Trinajstić information content (AvgIpc) is 2.33. The molecule has 0 aromatic heterocycles. The standard InChI is InChI=1S/C15H14Cl2O/c1-10-5-3-8-15(11(10)2)18-9-12-13(16)6-4-7-14(12)17/h3-8H,9H2,1-2H3. The molecule has 0 unspecified atom stereocenters. The van der Waals surface area contributed by atoms with Crippen molar-refractivity contribution in [3.63, 3.8) is 0 Å². The van der Waals surface area contributed by atoms with E-state index in [4.69, 9.17) is 27.9 Å². The zero-order chi connectivity index (χ0) is 13.1. The topological polar surface area (TPSA) is 9.23 Å². The van der Waals surface area contributed by atoms with Crippen molar-refractivity contribution < 1.29 is 4.74 Å². The molecule has 0 heterocycles. The van der Waals surface area contributed by atoms with Gasteiger partial charge < -0.3 is 4.74 Å². The second-order valence-electron chi connectivity index (χ2n) is 4.19. The van der Waals surface area contributed by atoms with Crippen LogP contribution in [0.5, 0.6) is 5.75 Å². The summed E-state index contributed by atoms with van der Waals surface area (Å²) in [6.07, 6.45) is 0. The Hall–Kier alpha value is -1.18. The molecule has 2 aromatic rings. The van der Waals surface area contributed by atoms with Gasteiger partial charge in [0.2, 0.25) is 0 Å². The van der Waals surface area contributed by atoms with Gasteiger partial charge in [-0.3, -0.25) is 0 Å². The molecule has 0 fully saturated rings. The largest absolute Gasteiger partial charge is 0.489 e. The maximum absolute atomic E-state index is 6.10. The van der Waals surface area contributed by atoms with Crippen LogP contribution in [0.25, 0.3) is 0 Å². The van der Waals surface area contributed by atoms with E-state index >= 15 is 0 Å². The van der Waals surface area contributed by atoms with E-state index in [1.165, 1.54) is 5.56 Å². The molecular weight excluding hydrogens is 267 g/mol. The first-order valence-electron chi connectivity index (χ1n) is 5.71. The van der Waals surface area contributed by atoms with Crippen molar-refractivity contribution in [2.45, 2.75) is 20.5 Å². The fourth-order valence-electron chi connectivity index (χ4n) is 1.70. The van der Waals surface area contributed by atoms with Crippen molar-refractivity contribution in [1.82, 2.24) is 0 Å². The highest BCUT2D eigenvalue weighted by molar-refractivity contribution is 6.35. The van der Waals surface area contributed by atoms with Crippen LogP contribution in [0, 0.1) is 13.8 Å². The summed E-state index contributed by atoms with van der Waals surface area (Å²) >= 11 is 12.2. The third-order valence-corrected chi connectivity index (χ3v) is 3.70. The molecule has 0 saturated heterocycles. The number of aryl methyl sites for hydroxylation is 1. The quantitative estimate of drug-likeness (QED) is 0.752. The van der Waals surface area contributed by atoms with Crippen molar-refractivity contribution in [3.8, 4) is 5.75 Å². The van der Waals surface area contributed by atoms with E-state index in [9.17, 15) is 0 Å².